The molecular formula is C14H15ClO3. The van der Waals surface area contributed by atoms with Gasteiger partial charge in [-0.15, -0.1) is 0 Å². The molecular weight excluding hydrogens is 252 g/mol. The van der Waals surface area contributed by atoms with Crippen LogP contribution in [0.1, 0.15) is 36.0 Å². The number of carboxylic acids is 1. The molecule has 0 heterocycles. The minimum absolute atomic E-state index is 0.567. The molecule has 0 unspecified atom stereocenters. The van der Waals surface area contributed by atoms with E-state index in [1.54, 1.807) is 7.11 Å². The standard InChI is InChI=1S/C14H15ClO3/c1-18-12-10(14(5-6-14)13(16)17)7-8-3-2-4-9(8)11(12)15/h7H,2-6H2,1H3,(H,16,17). The van der Waals surface area contributed by atoms with Gasteiger partial charge in [-0.1, -0.05) is 17.7 Å². The van der Waals surface area contributed by atoms with Crippen molar-refractivity contribution in [2.45, 2.75) is 37.5 Å². The maximum Gasteiger partial charge on any atom is 0.314 e. The van der Waals surface area contributed by atoms with Crippen molar-refractivity contribution in [1.29, 1.82) is 0 Å². The third-order valence-electron chi connectivity index (χ3n) is 4.17. The molecule has 0 aliphatic heterocycles. The van der Waals surface area contributed by atoms with E-state index in [2.05, 4.69) is 0 Å². The highest BCUT2D eigenvalue weighted by Crippen LogP contribution is 2.54. The highest BCUT2D eigenvalue weighted by Gasteiger charge is 2.54. The predicted octanol–water partition coefficient (Wildman–Crippen LogP) is 2.95. The van der Waals surface area contributed by atoms with E-state index < -0.39 is 11.4 Å². The largest absolute Gasteiger partial charge is 0.495 e. The normalized spacial score (nSPS) is 19.4. The third-order valence-corrected chi connectivity index (χ3v) is 4.57. The molecule has 1 aromatic carbocycles. The Labute approximate surface area is 111 Å². The molecule has 3 rings (SSSR count). The fraction of sp³-hybridized carbons (Fsp3) is 0.500. The summed E-state index contributed by atoms with van der Waals surface area (Å²) in [5.41, 5.74) is 2.34. The molecule has 2 aliphatic rings. The number of rotatable bonds is 3. The first-order valence-corrected chi connectivity index (χ1v) is 6.60. The number of aliphatic carboxylic acids is 1. The van der Waals surface area contributed by atoms with E-state index in [9.17, 15) is 9.90 Å². The zero-order valence-corrected chi connectivity index (χ0v) is 11.0. The van der Waals surface area contributed by atoms with Crippen molar-refractivity contribution in [1.82, 2.24) is 0 Å². The fourth-order valence-corrected chi connectivity index (χ4v) is 3.35. The highest BCUT2D eigenvalue weighted by atomic mass is 35.5. The molecule has 3 nitrogen and oxygen atoms in total. The van der Waals surface area contributed by atoms with Crippen LogP contribution in [0.15, 0.2) is 6.07 Å². The molecule has 0 amide bonds. The quantitative estimate of drug-likeness (QED) is 0.915. The molecule has 0 atom stereocenters. The molecule has 18 heavy (non-hydrogen) atoms. The topological polar surface area (TPSA) is 46.5 Å². The summed E-state index contributed by atoms with van der Waals surface area (Å²) in [4.78, 5) is 11.5. The number of benzene rings is 1. The molecule has 0 aromatic heterocycles. The molecule has 0 radical (unpaired) electrons. The maximum absolute atomic E-state index is 11.5. The number of fused-ring (bicyclic) bond motifs is 1. The van der Waals surface area contributed by atoms with Crippen LogP contribution in [-0.2, 0) is 23.1 Å². The first kappa shape index (κ1) is 11.8. The van der Waals surface area contributed by atoms with Gasteiger partial charge in [0.2, 0.25) is 0 Å². The number of carbonyl (C=O) groups is 1. The summed E-state index contributed by atoms with van der Waals surface area (Å²) in [6.45, 7) is 0. The predicted molar refractivity (Wildman–Crippen MR) is 68.6 cm³/mol. The lowest BCUT2D eigenvalue weighted by Gasteiger charge is -2.18. The van der Waals surface area contributed by atoms with Gasteiger partial charge in [-0.05, 0) is 43.2 Å². The summed E-state index contributed by atoms with van der Waals surface area (Å²) in [6.07, 6.45) is 4.38. The van der Waals surface area contributed by atoms with E-state index in [0.717, 1.165) is 30.4 Å². The zero-order chi connectivity index (χ0) is 12.9. The van der Waals surface area contributed by atoms with E-state index >= 15 is 0 Å². The van der Waals surface area contributed by atoms with Crippen molar-refractivity contribution in [3.63, 3.8) is 0 Å². The zero-order valence-electron chi connectivity index (χ0n) is 10.3. The first-order chi connectivity index (χ1) is 8.60. The van der Waals surface area contributed by atoms with Gasteiger partial charge in [0, 0.05) is 5.56 Å². The summed E-state index contributed by atoms with van der Waals surface area (Å²) in [6, 6.07) is 2.01. The van der Waals surface area contributed by atoms with Gasteiger partial charge in [-0.3, -0.25) is 4.79 Å². The minimum Gasteiger partial charge on any atom is -0.495 e. The van der Waals surface area contributed by atoms with E-state index in [0.29, 0.717) is 23.6 Å². The Morgan fingerprint density at radius 2 is 2.17 bits per heavy atom. The Bertz CT molecular complexity index is 532. The van der Waals surface area contributed by atoms with Gasteiger partial charge in [0.15, 0.2) is 0 Å². The van der Waals surface area contributed by atoms with Crippen molar-refractivity contribution in [2.75, 3.05) is 7.11 Å². The van der Waals surface area contributed by atoms with Crippen LogP contribution in [0.4, 0.5) is 0 Å². The summed E-state index contributed by atoms with van der Waals surface area (Å²) >= 11 is 6.38. The Hall–Kier alpha value is -1.22. The van der Waals surface area contributed by atoms with Gasteiger partial charge < -0.3 is 9.84 Å². The molecule has 0 saturated heterocycles. The summed E-state index contributed by atoms with van der Waals surface area (Å²) in [7, 11) is 1.56. The second kappa shape index (κ2) is 3.89. The van der Waals surface area contributed by atoms with Gasteiger partial charge in [-0.2, -0.15) is 0 Å². The molecule has 1 N–H and O–H groups in total. The lowest BCUT2D eigenvalue weighted by molar-refractivity contribution is -0.140. The average Bonchev–Trinajstić information content (AvgIpc) is 3.02. The van der Waals surface area contributed by atoms with Gasteiger partial charge in [-0.25, -0.2) is 0 Å². The van der Waals surface area contributed by atoms with E-state index in [1.807, 2.05) is 6.07 Å². The molecule has 0 bridgehead atoms. The van der Waals surface area contributed by atoms with Crippen LogP contribution in [0, 0.1) is 0 Å². The summed E-state index contributed by atoms with van der Waals surface area (Å²) in [5, 5.41) is 10.0. The van der Waals surface area contributed by atoms with Crippen LogP contribution < -0.4 is 4.74 Å². The molecule has 1 aromatic rings. The number of halogens is 1. The molecule has 2 aliphatic carbocycles. The Morgan fingerprint density at radius 3 is 2.72 bits per heavy atom. The van der Waals surface area contributed by atoms with E-state index in [1.165, 1.54) is 5.56 Å². The van der Waals surface area contributed by atoms with Crippen molar-refractivity contribution in [3.8, 4) is 5.75 Å². The van der Waals surface area contributed by atoms with Gasteiger partial charge >= 0.3 is 5.97 Å². The van der Waals surface area contributed by atoms with Crippen molar-refractivity contribution >= 4 is 17.6 Å². The van der Waals surface area contributed by atoms with Crippen LogP contribution >= 0.6 is 11.6 Å². The highest BCUT2D eigenvalue weighted by molar-refractivity contribution is 6.33. The molecule has 4 heteroatoms. The van der Waals surface area contributed by atoms with E-state index in [-0.39, 0.29) is 0 Å². The molecule has 1 saturated carbocycles. The average molecular weight is 267 g/mol. The van der Waals surface area contributed by atoms with Gasteiger partial charge in [0.25, 0.3) is 0 Å². The SMILES string of the molecule is COc1c(C2(C(=O)O)CC2)cc2c(c1Cl)CCC2. The van der Waals surface area contributed by atoms with E-state index in [4.69, 9.17) is 16.3 Å². The van der Waals surface area contributed by atoms with Crippen LogP contribution in [0.5, 0.6) is 5.75 Å². The molecule has 96 valence electrons. The summed E-state index contributed by atoms with van der Waals surface area (Å²) in [5.74, 6) is -0.202. The Morgan fingerprint density at radius 1 is 1.44 bits per heavy atom. The Balaban J connectivity index is 2.21. The monoisotopic (exact) mass is 266 g/mol. The minimum atomic E-state index is -0.769. The number of carboxylic acid groups (broad SMARTS) is 1. The third kappa shape index (κ3) is 1.46. The number of hydrogen-bond donors (Lipinski definition) is 1. The van der Waals surface area contributed by atoms with Crippen LogP contribution in [0.3, 0.4) is 0 Å². The molecule has 0 spiro atoms. The lowest BCUT2D eigenvalue weighted by Crippen LogP contribution is -2.21. The maximum atomic E-state index is 11.5. The second-order valence-corrected chi connectivity index (χ2v) is 5.53. The van der Waals surface area contributed by atoms with Crippen molar-refractivity contribution in [2.24, 2.45) is 0 Å². The lowest BCUT2D eigenvalue weighted by atomic mass is 9.92. The number of hydrogen-bond acceptors (Lipinski definition) is 2. The fourth-order valence-electron chi connectivity index (χ4n) is 2.95. The summed E-state index contributed by atoms with van der Waals surface area (Å²) < 4.78 is 5.38. The van der Waals surface area contributed by atoms with Gasteiger partial charge in [0.05, 0.1) is 17.5 Å². The number of ether oxygens (including phenoxy) is 1. The second-order valence-electron chi connectivity index (χ2n) is 5.15. The van der Waals surface area contributed by atoms with Crippen LogP contribution in [-0.4, -0.2) is 18.2 Å². The smallest absolute Gasteiger partial charge is 0.314 e. The number of methoxy groups -OCH3 is 1. The van der Waals surface area contributed by atoms with Crippen molar-refractivity contribution in [3.05, 3.63) is 27.8 Å². The van der Waals surface area contributed by atoms with Crippen LogP contribution in [0.2, 0.25) is 5.02 Å². The van der Waals surface area contributed by atoms with Crippen molar-refractivity contribution < 1.29 is 14.6 Å². The number of aryl methyl sites for hydroxylation is 1. The van der Waals surface area contributed by atoms with Gasteiger partial charge in [0.1, 0.15) is 5.75 Å². The van der Waals surface area contributed by atoms with Crippen LogP contribution in [0.25, 0.3) is 0 Å². The first-order valence-electron chi connectivity index (χ1n) is 6.22. The Kier molecular flexibility index (Phi) is 2.56. The molecule has 1 fully saturated rings.